The number of carboxylic acids is 1. The van der Waals surface area contributed by atoms with Crippen molar-refractivity contribution in [2.24, 2.45) is 0 Å². The van der Waals surface area contributed by atoms with E-state index in [1.165, 1.54) is 21.3 Å². The van der Waals surface area contributed by atoms with Crippen LogP contribution in [0, 0.1) is 0 Å². The Morgan fingerprint density at radius 2 is 1.62 bits per heavy atom. The third-order valence-corrected chi connectivity index (χ3v) is 3.85. The van der Waals surface area contributed by atoms with Gasteiger partial charge in [0, 0.05) is 0 Å². The highest BCUT2D eigenvalue weighted by atomic mass is 16.5. The van der Waals surface area contributed by atoms with Crippen molar-refractivity contribution in [1.82, 2.24) is 5.32 Å². The molecular weight excluding hydrogens is 338 g/mol. The Hall–Kier alpha value is -3.22. The molecule has 2 aromatic carbocycles. The predicted octanol–water partition coefficient (Wildman–Crippen LogP) is 2.66. The quantitative estimate of drug-likeness (QED) is 0.753. The topological polar surface area (TPSA) is 94.1 Å². The molecule has 0 fully saturated rings. The van der Waals surface area contributed by atoms with Crippen LogP contribution >= 0.6 is 0 Å². The maximum absolute atomic E-state index is 12.6. The average Bonchev–Trinajstić information content (AvgIpc) is 2.66. The number of hydrogen-bond donors (Lipinski definition) is 2. The molecule has 26 heavy (non-hydrogen) atoms. The van der Waals surface area contributed by atoms with E-state index in [-0.39, 0.29) is 6.42 Å². The summed E-state index contributed by atoms with van der Waals surface area (Å²) >= 11 is 0. The zero-order valence-electron chi connectivity index (χ0n) is 14.8. The first-order valence-corrected chi connectivity index (χ1v) is 7.87. The average molecular weight is 359 g/mol. The van der Waals surface area contributed by atoms with Gasteiger partial charge in [0.25, 0.3) is 5.91 Å². The molecule has 7 heteroatoms. The largest absolute Gasteiger partial charge is 0.496 e. The number of methoxy groups -OCH3 is 3. The molecule has 0 spiro atoms. The lowest BCUT2D eigenvalue weighted by atomic mass is 10.0. The van der Waals surface area contributed by atoms with Crippen LogP contribution in [0.5, 0.6) is 17.2 Å². The fraction of sp³-hybridized carbons (Fsp3) is 0.263. The number of aliphatic carboxylic acids is 1. The summed E-state index contributed by atoms with van der Waals surface area (Å²) in [7, 11) is 4.46. The van der Waals surface area contributed by atoms with Gasteiger partial charge in [-0.2, -0.15) is 0 Å². The van der Waals surface area contributed by atoms with Crippen LogP contribution in [-0.2, 0) is 4.79 Å². The van der Waals surface area contributed by atoms with Crippen molar-refractivity contribution in [3.63, 3.8) is 0 Å². The van der Waals surface area contributed by atoms with Gasteiger partial charge in [-0.15, -0.1) is 0 Å². The van der Waals surface area contributed by atoms with Gasteiger partial charge < -0.3 is 24.6 Å². The number of hydrogen-bond acceptors (Lipinski definition) is 5. The van der Waals surface area contributed by atoms with Gasteiger partial charge in [0.05, 0.1) is 39.4 Å². The van der Waals surface area contributed by atoms with E-state index in [4.69, 9.17) is 14.2 Å². The van der Waals surface area contributed by atoms with Crippen molar-refractivity contribution < 1.29 is 28.9 Å². The number of rotatable bonds is 8. The maximum atomic E-state index is 12.6. The van der Waals surface area contributed by atoms with E-state index < -0.39 is 17.9 Å². The number of nitrogens with one attached hydrogen (secondary N) is 1. The zero-order chi connectivity index (χ0) is 19.1. The van der Waals surface area contributed by atoms with E-state index in [1.54, 1.807) is 42.5 Å². The van der Waals surface area contributed by atoms with Gasteiger partial charge in [0.2, 0.25) is 0 Å². The van der Waals surface area contributed by atoms with Crippen molar-refractivity contribution in [3.8, 4) is 17.2 Å². The summed E-state index contributed by atoms with van der Waals surface area (Å²) < 4.78 is 15.6. The monoisotopic (exact) mass is 359 g/mol. The molecule has 0 saturated carbocycles. The molecular formula is C19H21NO6. The van der Waals surface area contributed by atoms with Gasteiger partial charge in [-0.05, 0) is 29.8 Å². The molecule has 7 nitrogen and oxygen atoms in total. The fourth-order valence-corrected chi connectivity index (χ4v) is 2.56. The Bertz CT molecular complexity index is 789. The second-order valence-corrected chi connectivity index (χ2v) is 5.44. The summed E-state index contributed by atoms with van der Waals surface area (Å²) in [5.74, 6) is -0.0895. The maximum Gasteiger partial charge on any atom is 0.305 e. The Morgan fingerprint density at radius 1 is 0.962 bits per heavy atom. The fourth-order valence-electron chi connectivity index (χ4n) is 2.56. The highest BCUT2D eigenvalue weighted by Crippen LogP contribution is 2.31. The van der Waals surface area contributed by atoms with Crippen molar-refractivity contribution >= 4 is 11.9 Å². The molecule has 0 aliphatic heterocycles. The number of carbonyl (C=O) groups excluding carboxylic acids is 1. The van der Waals surface area contributed by atoms with Gasteiger partial charge >= 0.3 is 5.97 Å². The minimum atomic E-state index is -1.04. The first-order valence-electron chi connectivity index (χ1n) is 7.87. The summed E-state index contributed by atoms with van der Waals surface area (Å²) in [5.41, 5.74) is 0.916. The smallest absolute Gasteiger partial charge is 0.305 e. The van der Waals surface area contributed by atoms with Gasteiger partial charge in [-0.1, -0.05) is 18.2 Å². The van der Waals surface area contributed by atoms with E-state index >= 15 is 0 Å². The lowest BCUT2D eigenvalue weighted by molar-refractivity contribution is -0.137. The lowest BCUT2D eigenvalue weighted by Gasteiger charge is -2.19. The summed E-state index contributed by atoms with van der Waals surface area (Å²) in [6.07, 6.45) is -0.281. The van der Waals surface area contributed by atoms with Crippen molar-refractivity contribution in [3.05, 3.63) is 53.6 Å². The van der Waals surface area contributed by atoms with Crippen LogP contribution in [0.2, 0.25) is 0 Å². The molecule has 2 aromatic rings. The number of amides is 1. The summed E-state index contributed by atoms with van der Waals surface area (Å²) in [6, 6.07) is 11.0. The molecule has 0 saturated heterocycles. The van der Waals surface area contributed by atoms with Gasteiger partial charge in [-0.3, -0.25) is 9.59 Å². The number of ether oxygens (including phenoxy) is 3. The molecule has 0 heterocycles. The van der Waals surface area contributed by atoms with Crippen LogP contribution in [-0.4, -0.2) is 38.3 Å². The molecule has 2 rings (SSSR count). The van der Waals surface area contributed by atoms with Gasteiger partial charge in [0.1, 0.15) is 5.75 Å². The minimum absolute atomic E-state index is 0.281. The Kier molecular flexibility index (Phi) is 6.43. The second-order valence-electron chi connectivity index (χ2n) is 5.44. The summed E-state index contributed by atoms with van der Waals surface area (Å²) in [6.45, 7) is 0. The van der Waals surface area contributed by atoms with Crippen molar-refractivity contribution in [2.45, 2.75) is 12.5 Å². The number of benzene rings is 2. The Morgan fingerprint density at radius 3 is 2.23 bits per heavy atom. The van der Waals surface area contributed by atoms with Crippen LogP contribution in [0.15, 0.2) is 42.5 Å². The van der Waals surface area contributed by atoms with Crippen LogP contribution < -0.4 is 19.5 Å². The normalized spacial score (nSPS) is 11.3. The summed E-state index contributed by atoms with van der Waals surface area (Å²) in [5, 5.41) is 12.0. The molecule has 1 atom stereocenters. The molecule has 138 valence electrons. The number of para-hydroxylation sites is 1. The van der Waals surface area contributed by atoms with Gasteiger partial charge in [0.15, 0.2) is 11.5 Å². The number of carbonyl (C=O) groups is 2. The van der Waals surface area contributed by atoms with Crippen LogP contribution in [0.4, 0.5) is 0 Å². The zero-order valence-corrected chi connectivity index (χ0v) is 14.8. The van der Waals surface area contributed by atoms with Gasteiger partial charge in [-0.25, -0.2) is 0 Å². The molecule has 0 aliphatic carbocycles. The standard InChI is InChI=1S/C19H21NO6/c1-24-15-7-5-4-6-13(15)19(23)20-14(11-18(21)22)12-8-9-16(25-2)17(10-12)26-3/h4-10,14H,11H2,1-3H3,(H,20,23)(H,21,22). The first-order chi connectivity index (χ1) is 12.5. The lowest BCUT2D eigenvalue weighted by Crippen LogP contribution is -2.30. The van der Waals surface area contributed by atoms with Crippen LogP contribution in [0.3, 0.4) is 0 Å². The third kappa shape index (κ3) is 4.44. The highest BCUT2D eigenvalue weighted by molar-refractivity contribution is 5.97. The van der Waals surface area contributed by atoms with E-state index in [9.17, 15) is 14.7 Å². The number of carboxylic acid groups (broad SMARTS) is 1. The van der Waals surface area contributed by atoms with Crippen LogP contribution in [0.25, 0.3) is 0 Å². The van der Waals surface area contributed by atoms with E-state index in [1.807, 2.05) is 0 Å². The first kappa shape index (κ1) is 19.1. The van der Waals surface area contributed by atoms with Crippen molar-refractivity contribution in [2.75, 3.05) is 21.3 Å². The summed E-state index contributed by atoms with van der Waals surface area (Å²) in [4.78, 5) is 23.9. The SMILES string of the molecule is COc1ccc(C(CC(=O)O)NC(=O)c2ccccc2OC)cc1OC. The molecule has 1 amide bonds. The second kappa shape index (κ2) is 8.75. The Labute approximate surface area is 151 Å². The molecule has 2 N–H and O–H groups in total. The van der Waals surface area contributed by atoms with Crippen LogP contribution in [0.1, 0.15) is 28.4 Å². The van der Waals surface area contributed by atoms with E-state index in [0.29, 0.717) is 28.4 Å². The van der Waals surface area contributed by atoms with Crippen molar-refractivity contribution in [1.29, 1.82) is 0 Å². The third-order valence-electron chi connectivity index (χ3n) is 3.85. The molecule has 1 unspecified atom stereocenters. The van der Waals surface area contributed by atoms with E-state index in [0.717, 1.165) is 0 Å². The van der Waals surface area contributed by atoms with E-state index in [2.05, 4.69) is 5.32 Å². The minimum Gasteiger partial charge on any atom is -0.496 e. The molecule has 0 aliphatic rings. The molecule has 0 aromatic heterocycles. The highest BCUT2D eigenvalue weighted by Gasteiger charge is 2.22. The predicted molar refractivity (Wildman–Crippen MR) is 95.0 cm³/mol. The molecule has 0 bridgehead atoms. The Balaban J connectivity index is 2.33. The molecule has 0 radical (unpaired) electrons.